The molecule has 2 N–H and O–H groups in total. The van der Waals surface area contributed by atoms with Crippen molar-refractivity contribution < 1.29 is 0 Å². The Kier molecular flexibility index (Phi) is 6.17. The molecular weight excluding hydrogens is 408 g/mol. The third kappa shape index (κ3) is 4.92. The minimum absolute atomic E-state index is 0.600. The highest BCUT2D eigenvalue weighted by atomic mass is 32.1. The number of nitrogens with one attached hydrogen (secondary N) is 2. The van der Waals surface area contributed by atoms with E-state index < -0.39 is 0 Å². The van der Waals surface area contributed by atoms with E-state index in [1.54, 1.807) is 12.4 Å². The van der Waals surface area contributed by atoms with Gasteiger partial charge in [-0.15, -0.1) is 0 Å². The van der Waals surface area contributed by atoms with E-state index in [4.69, 9.17) is 24.4 Å². The molecule has 0 aliphatic rings. The van der Waals surface area contributed by atoms with Gasteiger partial charge in [0.2, 0.25) is 0 Å². The molecule has 2 heterocycles. The largest absolute Gasteiger partial charge is 0.345 e. The summed E-state index contributed by atoms with van der Waals surface area (Å²) in [6, 6.07) is 27.6. The van der Waals surface area contributed by atoms with E-state index in [-0.39, 0.29) is 0 Å². The Morgan fingerprint density at radius 3 is 1.27 bits per heavy atom. The van der Waals surface area contributed by atoms with Gasteiger partial charge in [-0.05, 0) is 59.7 Å². The minimum Gasteiger partial charge on any atom is -0.345 e. The van der Waals surface area contributed by atoms with Gasteiger partial charge in [0.25, 0.3) is 0 Å². The van der Waals surface area contributed by atoms with E-state index in [0.717, 1.165) is 33.9 Å². The molecule has 0 fully saturated rings. The lowest BCUT2D eigenvalue weighted by Crippen LogP contribution is -2.12. The van der Waals surface area contributed by atoms with Crippen LogP contribution in [-0.2, 0) is 0 Å². The number of thiocarbonyl (C=S) groups is 2. The standard InChI is InChI=1S/C24H18N4S2/c29-23(21-5-1-3-15-25-21)27-19-11-7-17(8-12-19)18-9-13-20(14-10-18)28-24(30)22-6-2-4-16-26-22/h1-16H,(H,27,29)(H,28,30). The van der Waals surface area contributed by atoms with Crippen molar-refractivity contribution >= 4 is 45.8 Å². The molecule has 4 nitrogen and oxygen atoms in total. The molecule has 6 heteroatoms. The van der Waals surface area contributed by atoms with Crippen molar-refractivity contribution in [1.82, 2.24) is 9.97 Å². The Morgan fingerprint density at radius 2 is 0.933 bits per heavy atom. The lowest BCUT2D eigenvalue weighted by Gasteiger charge is -2.10. The van der Waals surface area contributed by atoms with Crippen molar-refractivity contribution in [2.24, 2.45) is 0 Å². The number of aromatic nitrogens is 2. The first kappa shape index (κ1) is 19.8. The quantitative estimate of drug-likeness (QED) is 0.398. The summed E-state index contributed by atoms with van der Waals surface area (Å²) in [7, 11) is 0. The van der Waals surface area contributed by atoms with Crippen LogP contribution in [0.2, 0.25) is 0 Å². The van der Waals surface area contributed by atoms with Crippen LogP contribution in [0.3, 0.4) is 0 Å². The topological polar surface area (TPSA) is 49.8 Å². The van der Waals surface area contributed by atoms with Crippen LogP contribution in [0.1, 0.15) is 11.4 Å². The maximum atomic E-state index is 5.42. The lowest BCUT2D eigenvalue weighted by molar-refractivity contribution is 1.30. The summed E-state index contributed by atoms with van der Waals surface area (Å²) >= 11 is 10.8. The van der Waals surface area contributed by atoms with Crippen LogP contribution in [0.25, 0.3) is 11.1 Å². The number of rotatable bonds is 5. The van der Waals surface area contributed by atoms with E-state index in [2.05, 4.69) is 44.9 Å². The molecule has 0 atom stereocenters. The molecule has 30 heavy (non-hydrogen) atoms. The molecule has 0 aliphatic heterocycles. The van der Waals surface area contributed by atoms with Crippen molar-refractivity contribution in [3.63, 3.8) is 0 Å². The van der Waals surface area contributed by atoms with Crippen LogP contribution in [0, 0.1) is 0 Å². The molecule has 2 aromatic heterocycles. The number of nitrogens with zero attached hydrogens (tertiary/aromatic N) is 2. The molecule has 0 saturated heterocycles. The van der Waals surface area contributed by atoms with Gasteiger partial charge in [-0.1, -0.05) is 60.8 Å². The summed E-state index contributed by atoms with van der Waals surface area (Å²) in [6.45, 7) is 0. The highest BCUT2D eigenvalue weighted by molar-refractivity contribution is 7.81. The summed E-state index contributed by atoms with van der Waals surface area (Å²) in [6.07, 6.45) is 3.46. The second-order valence-electron chi connectivity index (χ2n) is 6.49. The summed E-state index contributed by atoms with van der Waals surface area (Å²) in [5, 5.41) is 6.44. The van der Waals surface area contributed by atoms with Gasteiger partial charge in [0.15, 0.2) is 0 Å². The smallest absolute Gasteiger partial charge is 0.129 e. The van der Waals surface area contributed by atoms with Gasteiger partial charge >= 0.3 is 0 Å². The van der Waals surface area contributed by atoms with E-state index in [0.29, 0.717) is 9.98 Å². The second kappa shape index (κ2) is 9.35. The van der Waals surface area contributed by atoms with Crippen molar-refractivity contribution in [2.45, 2.75) is 0 Å². The van der Waals surface area contributed by atoms with E-state index in [1.807, 2.05) is 60.7 Å². The lowest BCUT2D eigenvalue weighted by atomic mass is 10.0. The van der Waals surface area contributed by atoms with Crippen LogP contribution < -0.4 is 10.6 Å². The highest BCUT2D eigenvalue weighted by Gasteiger charge is 2.05. The Bertz CT molecular complexity index is 1050. The first-order valence-corrected chi connectivity index (χ1v) is 10.2. The van der Waals surface area contributed by atoms with Crippen LogP contribution in [0.4, 0.5) is 11.4 Å². The first-order chi connectivity index (χ1) is 14.7. The Hall–Kier alpha value is -3.48. The molecule has 0 amide bonds. The maximum absolute atomic E-state index is 5.42. The predicted molar refractivity (Wildman–Crippen MR) is 131 cm³/mol. The monoisotopic (exact) mass is 426 g/mol. The molecule has 0 saturated carbocycles. The molecule has 0 aliphatic carbocycles. The minimum atomic E-state index is 0.600. The Labute approximate surface area is 186 Å². The van der Waals surface area contributed by atoms with Gasteiger partial charge < -0.3 is 10.6 Å². The molecule has 2 aromatic carbocycles. The second-order valence-corrected chi connectivity index (χ2v) is 7.31. The number of hydrogen-bond acceptors (Lipinski definition) is 4. The summed E-state index contributed by atoms with van der Waals surface area (Å²) < 4.78 is 0. The van der Waals surface area contributed by atoms with Crippen molar-refractivity contribution in [3.8, 4) is 11.1 Å². The van der Waals surface area contributed by atoms with Crippen LogP contribution in [0.5, 0.6) is 0 Å². The number of benzene rings is 2. The number of hydrogen-bond donors (Lipinski definition) is 2. The normalized spacial score (nSPS) is 10.3. The van der Waals surface area contributed by atoms with Gasteiger partial charge in [0.1, 0.15) is 9.98 Å². The summed E-state index contributed by atoms with van der Waals surface area (Å²) in [5.74, 6) is 0. The zero-order valence-corrected chi connectivity index (χ0v) is 17.6. The Morgan fingerprint density at radius 1 is 0.533 bits per heavy atom. The molecule has 146 valence electrons. The van der Waals surface area contributed by atoms with Crippen LogP contribution in [0.15, 0.2) is 97.3 Å². The van der Waals surface area contributed by atoms with Gasteiger partial charge in [-0.2, -0.15) is 0 Å². The molecule has 0 radical (unpaired) electrons. The van der Waals surface area contributed by atoms with Gasteiger partial charge in [-0.3, -0.25) is 9.97 Å². The third-order valence-electron chi connectivity index (χ3n) is 4.41. The maximum Gasteiger partial charge on any atom is 0.129 e. The fraction of sp³-hybridized carbons (Fsp3) is 0. The van der Waals surface area contributed by atoms with Crippen molar-refractivity contribution in [3.05, 3.63) is 109 Å². The molecule has 0 spiro atoms. The van der Waals surface area contributed by atoms with Gasteiger partial charge in [0, 0.05) is 23.8 Å². The number of pyridine rings is 2. The van der Waals surface area contributed by atoms with Gasteiger partial charge in [0.05, 0.1) is 11.4 Å². The van der Waals surface area contributed by atoms with Crippen LogP contribution in [-0.4, -0.2) is 19.9 Å². The molecule has 4 aromatic rings. The fourth-order valence-electron chi connectivity index (χ4n) is 2.88. The zero-order chi connectivity index (χ0) is 20.8. The Balaban J connectivity index is 1.41. The van der Waals surface area contributed by atoms with E-state index in [9.17, 15) is 0 Å². The molecule has 0 unspecified atom stereocenters. The summed E-state index contributed by atoms with van der Waals surface area (Å²) in [5.41, 5.74) is 5.58. The van der Waals surface area contributed by atoms with Crippen molar-refractivity contribution in [2.75, 3.05) is 10.6 Å². The van der Waals surface area contributed by atoms with Crippen LogP contribution >= 0.6 is 24.4 Å². The van der Waals surface area contributed by atoms with Gasteiger partial charge in [-0.25, -0.2) is 0 Å². The fourth-order valence-corrected chi connectivity index (χ4v) is 3.35. The molecule has 0 bridgehead atoms. The average molecular weight is 427 g/mol. The highest BCUT2D eigenvalue weighted by Crippen LogP contribution is 2.23. The van der Waals surface area contributed by atoms with E-state index in [1.165, 1.54) is 0 Å². The zero-order valence-electron chi connectivity index (χ0n) is 15.9. The van der Waals surface area contributed by atoms with E-state index >= 15 is 0 Å². The SMILES string of the molecule is S=C(Nc1ccc(-c2ccc(NC(=S)c3ccccn3)cc2)cc1)c1ccccn1. The predicted octanol–water partition coefficient (Wildman–Crippen LogP) is 5.72. The molecule has 4 rings (SSSR count). The van der Waals surface area contributed by atoms with Crippen molar-refractivity contribution in [1.29, 1.82) is 0 Å². The average Bonchev–Trinajstić information content (AvgIpc) is 2.81. The molecular formula is C24H18N4S2. The summed E-state index contributed by atoms with van der Waals surface area (Å²) in [4.78, 5) is 9.73. The number of anilines is 2. The third-order valence-corrected chi connectivity index (χ3v) is 5.04. The first-order valence-electron chi connectivity index (χ1n) is 9.34.